The van der Waals surface area contributed by atoms with E-state index in [1.807, 2.05) is 0 Å². The zero-order valence-electron chi connectivity index (χ0n) is 15.1. The van der Waals surface area contributed by atoms with Crippen molar-refractivity contribution in [2.45, 2.75) is 6.42 Å². The van der Waals surface area contributed by atoms with Gasteiger partial charge in [0, 0.05) is 32.2 Å². The number of anilines is 1. The van der Waals surface area contributed by atoms with Crippen LogP contribution in [0, 0.1) is 11.6 Å². The van der Waals surface area contributed by atoms with E-state index >= 15 is 0 Å². The first-order valence-corrected chi connectivity index (χ1v) is 9.84. The van der Waals surface area contributed by atoms with Gasteiger partial charge in [-0.25, -0.2) is 13.8 Å². The monoisotopic (exact) mass is 407 g/mol. The van der Waals surface area contributed by atoms with Gasteiger partial charge >= 0.3 is 0 Å². The van der Waals surface area contributed by atoms with Gasteiger partial charge in [0.05, 0.1) is 24.2 Å². The van der Waals surface area contributed by atoms with Gasteiger partial charge in [-0.3, -0.25) is 14.6 Å². The van der Waals surface area contributed by atoms with Gasteiger partial charge in [-0.15, -0.1) is 0 Å². The molecule has 1 aliphatic rings. The van der Waals surface area contributed by atoms with Crippen LogP contribution < -0.4 is 4.90 Å². The predicted molar refractivity (Wildman–Crippen MR) is 102 cm³/mol. The van der Waals surface area contributed by atoms with E-state index in [1.165, 1.54) is 17.2 Å². The minimum Gasteiger partial charge on any atom is -0.459 e. The molecule has 0 radical (unpaired) electrons. The number of thiazole rings is 1. The van der Waals surface area contributed by atoms with Gasteiger partial charge < -0.3 is 9.15 Å². The second kappa shape index (κ2) is 8.34. The summed E-state index contributed by atoms with van der Waals surface area (Å²) in [4.78, 5) is 20.9. The molecule has 1 fully saturated rings. The van der Waals surface area contributed by atoms with Crippen LogP contribution >= 0.6 is 11.3 Å². The molecule has 0 N–H and O–H groups in total. The maximum atomic E-state index is 14.1. The van der Waals surface area contributed by atoms with Crippen molar-refractivity contribution in [2.24, 2.45) is 0 Å². The van der Waals surface area contributed by atoms with Crippen LogP contribution in [0.5, 0.6) is 0 Å². The number of morpholine rings is 1. The summed E-state index contributed by atoms with van der Waals surface area (Å²) in [5, 5.41) is 0.322. The summed E-state index contributed by atoms with van der Waals surface area (Å²) in [6.07, 6.45) is 2.13. The molecule has 1 amide bonds. The normalized spacial score (nSPS) is 15.2. The molecule has 0 bridgehead atoms. The van der Waals surface area contributed by atoms with E-state index in [0.29, 0.717) is 36.0 Å². The SMILES string of the molecule is O=C(c1ccco1)N(CCCN1CCOCC1)c1nc2c(F)cc(F)cc2s1. The lowest BCUT2D eigenvalue weighted by Gasteiger charge is -2.27. The molecule has 4 rings (SSSR count). The molecule has 28 heavy (non-hydrogen) atoms. The second-order valence-electron chi connectivity index (χ2n) is 6.47. The van der Waals surface area contributed by atoms with E-state index in [-0.39, 0.29) is 17.2 Å². The summed E-state index contributed by atoms with van der Waals surface area (Å²) in [6.45, 7) is 4.32. The van der Waals surface area contributed by atoms with Crippen LogP contribution in [0.4, 0.5) is 13.9 Å². The fraction of sp³-hybridized carbons (Fsp3) is 0.368. The summed E-state index contributed by atoms with van der Waals surface area (Å²) in [7, 11) is 0. The molecule has 1 saturated heterocycles. The molecular weight excluding hydrogens is 388 g/mol. The number of benzene rings is 1. The molecule has 1 aromatic carbocycles. The highest BCUT2D eigenvalue weighted by Crippen LogP contribution is 2.32. The van der Waals surface area contributed by atoms with Crippen molar-refractivity contribution in [2.75, 3.05) is 44.3 Å². The molecule has 148 valence electrons. The highest BCUT2D eigenvalue weighted by molar-refractivity contribution is 7.22. The Morgan fingerprint density at radius 2 is 2.11 bits per heavy atom. The van der Waals surface area contributed by atoms with Gasteiger partial charge in [0.1, 0.15) is 11.3 Å². The topological polar surface area (TPSA) is 58.8 Å². The summed E-state index contributed by atoms with van der Waals surface area (Å²) in [5.74, 6) is -1.59. The largest absolute Gasteiger partial charge is 0.459 e. The molecule has 0 unspecified atom stereocenters. The Balaban J connectivity index is 1.57. The van der Waals surface area contributed by atoms with Crippen LogP contribution in [-0.4, -0.2) is 55.2 Å². The Labute approximate surface area is 164 Å². The van der Waals surface area contributed by atoms with Crippen LogP contribution in [0.2, 0.25) is 0 Å². The molecule has 1 aliphatic heterocycles. The van der Waals surface area contributed by atoms with Crippen LogP contribution in [0.1, 0.15) is 17.0 Å². The third-order valence-electron chi connectivity index (χ3n) is 4.57. The van der Waals surface area contributed by atoms with Crippen LogP contribution in [0.3, 0.4) is 0 Å². The van der Waals surface area contributed by atoms with E-state index in [9.17, 15) is 13.6 Å². The lowest BCUT2D eigenvalue weighted by atomic mass is 10.3. The van der Waals surface area contributed by atoms with E-state index in [1.54, 1.807) is 12.1 Å². The smallest absolute Gasteiger partial charge is 0.295 e. The molecule has 2 aromatic heterocycles. The minimum absolute atomic E-state index is 0.0619. The third kappa shape index (κ3) is 4.06. The summed E-state index contributed by atoms with van der Waals surface area (Å²) in [6, 6.07) is 5.23. The molecule has 6 nitrogen and oxygen atoms in total. The third-order valence-corrected chi connectivity index (χ3v) is 5.60. The fourth-order valence-electron chi connectivity index (χ4n) is 3.16. The van der Waals surface area contributed by atoms with Crippen molar-refractivity contribution in [3.8, 4) is 0 Å². The fourth-order valence-corrected chi connectivity index (χ4v) is 4.18. The highest BCUT2D eigenvalue weighted by atomic mass is 32.1. The number of ether oxygens (including phenoxy) is 1. The molecular formula is C19H19F2N3O3S. The maximum Gasteiger partial charge on any atom is 0.295 e. The summed E-state index contributed by atoms with van der Waals surface area (Å²) >= 11 is 1.08. The van der Waals surface area contributed by atoms with Gasteiger partial charge in [-0.05, 0) is 24.6 Å². The summed E-state index contributed by atoms with van der Waals surface area (Å²) in [5.41, 5.74) is 0.0619. The number of hydrogen-bond acceptors (Lipinski definition) is 6. The van der Waals surface area contributed by atoms with Crippen molar-refractivity contribution >= 4 is 32.6 Å². The minimum atomic E-state index is -0.740. The lowest BCUT2D eigenvalue weighted by Crippen LogP contribution is -2.39. The maximum absolute atomic E-state index is 14.1. The van der Waals surface area contributed by atoms with E-state index in [2.05, 4.69) is 9.88 Å². The number of furan rings is 1. The molecule has 3 heterocycles. The van der Waals surface area contributed by atoms with Gasteiger partial charge in [-0.1, -0.05) is 11.3 Å². The molecule has 0 spiro atoms. The average molecular weight is 407 g/mol. The van der Waals surface area contributed by atoms with Gasteiger partial charge in [0.2, 0.25) is 0 Å². The number of fused-ring (bicyclic) bond motifs is 1. The number of carbonyl (C=O) groups is 1. The molecule has 0 aliphatic carbocycles. The Kier molecular flexibility index (Phi) is 5.65. The average Bonchev–Trinajstić information content (AvgIpc) is 3.35. The van der Waals surface area contributed by atoms with E-state index in [0.717, 1.165) is 37.0 Å². The first-order chi connectivity index (χ1) is 13.6. The number of halogens is 2. The van der Waals surface area contributed by atoms with Gasteiger partial charge in [-0.2, -0.15) is 0 Å². The van der Waals surface area contributed by atoms with Gasteiger partial charge in [0.15, 0.2) is 16.7 Å². The van der Waals surface area contributed by atoms with Crippen LogP contribution in [0.25, 0.3) is 10.2 Å². The second-order valence-corrected chi connectivity index (χ2v) is 7.48. The van der Waals surface area contributed by atoms with Crippen LogP contribution in [-0.2, 0) is 4.74 Å². The standard InChI is InChI=1S/C19H19F2N3O3S/c20-13-11-14(21)17-16(12-13)28-19(22-17)24(18(25)15-3-1-8-27-15)5-2-4-23-6-9-26-10-7-23/h1,3,8,11-12H,2,4-7,9-10H2. The van der Waals surface area contributed by atoms with Gasteiger partial charge in [0.25, 0.3) is 5.91 Å². The number of nitrogens with zero attached hydrogens (tertiary/aromatic N) is 3. The number of amides is 1. The molecule has 0 atom stereocenters. The Morgan fingerprint density at radius 1 is 1.29 bits per heavy atom. The van der Waals surface area contributed by atoms with Crippen molar-refractivity contribution in [1.82, 2.24) is 9.88 Å². The Bertz CT molecular complexity index is 955. The zero-order valence-corrected chi connectivity index (χ0v) is 15.9. The first-order valence-electron chi connectivity index (χ1n) is 9.03. The quantitative estimate of drug-likeness (QED) is 0.626. The molecule has 3 aromatic rings. The lowest BCUT2D eigenvalue weighted by molar-refractivity contribution is 0.0376. The highest BCUT2D eigenvalue weighted by Gasteiger charge is 2.24. The number of carbonyl (C=O) groups excluding carboxylic acids is 1. The number of aromatic nitrogens is 1. The molecule has 9 heteroatoms. The van der Waals surface area contributed by atoms with Crippen molar-refractivity contribution < 1.29 is 22.7 Å². The zero-order chi connectivity index (χ0) is 19.5. The van der Waals surface area contributed by atoms with Crippen LogP contribution in [0.15, 0.2) is 34.9 Å². The number of hydrogen-bond donors (Lipinski definition) is 0. The van der Waals surface area contributed by atoms with Crippen molar-refractivity contribution in [1.29, 1.82) is 0 Å². The van der Waals surface area contributed by atoms with E-state index < -0.39 is 11.6 Å². The predicted octanol–water partition coefficient (Wildman–Crippen LogP) is 3.54. The Morgan fingerprint density at radius 3 is 2.86 bits per heavy atom. The molecule has 0 saturated carbocycles. The summed E-state index contributed by atoms with van der Waals surface area (Å²) < 4.78 is 38.5. The first kappa shape index (κ1) is 19.0. The Hall–Kier alpha value is -2.36. The van der Waals surface area contributed by atoms with Crippen molar-refractivity contribution in [3.63, 3.8) is 0 Å². The van der Waals surface area contributed by atoms with E-state index in [4.69, 9.17) is 9.15 Å². The number of rotatable bonds is 6. The van der Waals surface area contributed by atoms with Crippen molar-refractivity contribution in [3.05, 3.63) is 47.9 Å².